The summed E-state index contributed by atoms with van der Waals surface area (Å²) in [5, 5.41) is 1.91. The molecule has 0 N–H and O–H groups in total. The van der Waals surface area contributed by atoms with Crippen LogP contribution in [-0.4, -0.2) is 26.1 Å². The number of ketones is 2. The number of carbonyl (C=O) groups excluding carboxylic acids is 2. The van der Waals surface area contributed by atoms with Crippen molar-refractivity contribution in [2.24, 2.45) is 7.05 Å². The van der Waals surface area contributed by atoms with E-state index in [1.54, 1.807) is 18.5 Å². The maximum Gasteiger partial charge on any atom is 0.197 e. The van der Waals surface area contributed by atoms with Gasteiger partial charge in [-0.05, 0) is 47.2 Å². The lowest BCUT2D eigenvalue weighted by molar-refractivity contribution is 0.0990. The predicted octanol–water partition coefficient (Wildman–Crippen LogP) is 5.31. The molecule has 0 fully saturated rings. The second-order valence-electron chi connectivity index (χ2n) is 7.54. The van der Waals surface area contributed by atoms with Gasteiger partial charge in [0.05, 0.1) is 11.1 Å². The second kappa shape index (κ2) is 6.55. The summed E-state index contributed by atoms with van der Waals surface area (Å²) in [5.74, 6) is 0.403. The molecule has 0 spiro atoms. The highest BCUT2D eigenvalue weighted by molar-refractivity contribution is 7.19. The predicted molar refractivity (Wildman–Crippen MR) is 122 cm³/mol. The molecule has 148 valence electrons. The number of fused-ring (bicyclic) bond motifs is 3. The molecule has 5 nitrogen and oxygen atoms in total. The number of pyridine rings is 1. The Morgan fingerprint density at radius 3 is 2.26 bits per heavy atom. The minimum absolute atomic E-state index is 0.212. The van der Waals surface area contributed by atoms with Crippen LogP contribution in [0.4, 0.5) is 0 Å². The molecule has 0 unspecified atom stereocenters. The highest BCUT2D eigenvalue weighted by atomic mass is 32.1. The van der Waals surface area contributed by atoms with Crippen LogP contribution in [0.15, 0.2) is 72.6 Å². The summed E-state index contributed by atoms with van der Waals surface area (Å²) in [4.78, 5) is 36.6. The van der Waals surface area contributed by atoms with Gasteiger partial charge < -0.3 is 4.57 Å². The molecule has 0 amide bonds. The highest BCUT2D eigenvalue weighted by Crippen LogP contribution is 2.35. The number of Topliss-reactive ketones (excluding diaryl/α,β-unsaturated/α-hetero) is 2. The van der Waals surface area contributed by atoms with Gasteiger partial charge >= 0.3 is 0 Å². The lowest BCUT2D eigenvalue weighted by atomic mass is 10.0. The second-order valence-corrected chi connectivity index (χ2v) is 8.60. The van der Waals surface area contributed by atoms with Crippen molar-refractivity contribution in [3.63, 3.8) is 0 Å². The van der Waals surface area contributed by atoms with E-state index in [4.69, 9.17) is 4.98 Å². The van der Waals surface area contributed by atoms with Gasteiger partial charge in [-0.3, -0.25) is 14.6 Å². The quantitative estimate of drug-likeness (QED) is 0.286. The van der Waals surface area contributed by atoms with Crippen molar-refractivity contribution < 1.29 is 9.59 Å². The summed E-state index contributed by atoms with van der Waals surface area (Å²) in [6, 6.07) is 17.2. The molecule has 31 heavy (non-hydrogen) atoms. The zero-order chi connectivity index (χ0) is 21.1. The Kier molecular flexibility index (Phi) is 3.79. The Morgan fingerprint density at radius 1 is 0.935 bits per heavy atom. The van der Waals surface area contributed by atoms with Crippen molar-refractivity contribution in [3.8, 4) is 11.4 Å². The van der Waals surface area contributed by atoms with Gasteiger partial charge in [-0.1, -0.05) is 24.3 Å². The van der Waals surface area contributed by atoms with E-state index in [0.29, 0.717) is 11.1 Å². The molecule has 1 aliphatic carbocycles. The number of rotatable bonds is 2. The van der Waals surface area contributed by atoms with Crippen LogP contribution < -0.4 is 0 Å². The minimum atomic E-state index is -0.216. The fourth-order valence-electron chi connectivity index (χ4n) is 4.10. The van der Waals surface area contributed by atoms with Gasteiger partial charge in [-0.2, -0.15) is 0 Å². The third-order valence-corrected chi connectivity index (χ3v) is 6.64. The van der Waals surface area contributed by atoms with Crippen LogP contribution in [0.25, 0.3) is 38.6 Å². The molecule has 1 aliphatic rings. The summed E-state index contributed by atoms with van der Waals surface area (Å²) < 4.78 is 2.00. The van der Waals surface area contributed by atoms with E-state index in [2.05, 4.69) is 4.98 Å². The first-order chi connectivity index (χ1) is 15.1. The van der Waals surface area contributed by atoms with Gasteiger partial charge in [0.2, 0.25) is 0 Å². The number of hydrogen-bond donors (Lipinski definition) is 0. The van der Waals surface area contributed by atoms with Crippen molar-refractivity contribution in [2.45, 2.75) is 0 Å². The average molecular weight is 421 g/mol. The zero-order valence-electron chi connectivity index (χ0n) is 16.5. The van der Waals surface area contributed by atoms with Crippen molar-refractivity contribution in [1.82, 2.24) is 14.5 Å². The SMILES string of the molecule is Cn1c(-c2cccnc2)nc2sc(C=C3C(=O)c4cc5ccccc5cc4C3=O)cc21. The highest BCUT2D eigenvalue weighted by Gasteiger charge is 2.33. The van der Waals surface area contributed by atoms with Crippen LogP contribution in [0.1, 0.15) is 25.6 Å². The summed E-state index contributed by atoms with van der Waals surface area (Å²) in [5.41, 5.74) is 3.07. The molecule has 3 heterocycles. The molecule has 3 aromatic heterocycles. The van der Waals surface area contributed by atoms with Crippen molar-refractivity contribution >= 4 is 50.1 Å². The van der Waals surface area contributed by atoms with E-state index in [1.807, 2.05) is 66.2 Å². The number of allylic oxidation sites excluding steroid dienone is 1. The fourth-order valence-corrected chi connectivity index (χ4v) is 5.11. The largest absolute Gasteiger partial charge is 0.326 e. The molecule has 0 saturated carbocycles. The third-order valence-electron chi connectivity index (χ3n) is 5.67. The molecular formula is C25H15N3O2S. The molecule has 5 aromatic rings. The maximum atomic E-state index is 13.0. The van der Waals surface area contributed by atoms with Gasteiger partial charge in [-0.15, -0.1) is 11.3 Å². The first-order valence-corrected chi connectivity index (χ1v) is 10.6. The lowest BCUT2D eigenvalue weighted by Crippen LogP contribution is -1.99. The number of thiophene rings is 1. The van der Waals surface area contributed by atoms with Gasteiger partial charge in [0.15, 0.2) is 11.6 Å². The third kappa shape index (κ3) is 2.69. The van der Waals surface area contributed by atoms with E-state index < -0.39 is 0 Å². The molecule has 0 aliphatic heterocycles. The number of benzene rings is 2. The Bertz CT molecular complexity index is 1520. The summed E-state index contributed by atoms with van der Waals surface area (Å²) in [7, 11) is 1.95. The van der Waals surface area contributed by atoms with Crippen molar-refractivity contribution in [3.05, 3.63) is 88.6 Å². The Balaban J connectivity index is 1.42. The van der Waals surface area contributed by atoms with Gasteiger partial charge in [0, 0.05) is 41.0 Å². The lowest BCUT2D eigenvalue weighted by Gasteiger charge is -2.00. The molecule has 6 rings (SSSR count). The van der Waals surface area contributed by atoms with Crippen molar-refractivity contribution in [2.75, 3.05) is 0 Å². The number of aryl methyl sites for hydroxylation is 1. The molecule has 0 bridgehead atoms. The number of carbonyl (C=O) groups is 2. The van der Waals surface area contributed by atoms with Crippen LogP contribution in [0.2, 0.25) is 0 Å². The number of imidazole rings is 1. The first-order valence-electron chi connectivity index (χ1n) is 9.81. The molecule has 2 aromatic carbocycles. The molecule has 6 heteroatoms. The standard InChI is InChI=1S/C25H15N3O2S/c1-28-21-12-17(31-25(21)27-24(28)16-7-4-8-26-13-16)11-20-22(29)18-9-14-5-2-3-6-15(14)10-19(18)23(20)30/h2-13H,1H3. The van der Waals surface area contributed by atoms with Crippen molar-refractivity contribution in [1.29, 1.82) is 0 Å². The Labute approximate surface area is 181 Å². The summed E-state index contributed by atoms with van der Waals surface area (Å²) >= 11 is 1.47. The topological polar surface area (TPSA) is 64.8 Å². The normalized spacial score (nSPS) is 13.4. The van der Waals surface area contributed by atoms with E-state index in [9.17, 15) is 9.59 Å². The smallest absolute Gasteiger partial charge is 0.197 e. The van der Waals surface area contributed by atoms with Gasteiger partial charge in [-0.25, -0.2) is 4.98 Å². The summed E-state index contributed by atoms with van der Waals surface area (Å²) in [6.45, 7) is 0. The number of nitrogens with zero attached hydrogens (tertiary/aromatic N) is 3. The maximum absolute atomic E-state index is 13.0. The monoisotopic (exact) mass is 421 g/mol. The number of aromatic nitrogens is 3. The fraction of sp³-hybridized carbons (Fsp3) is 0.0400. The van der Waals surface area contributed by atoms with E-state index in [1.165, 1.54) is 11.3 Å². The van der Waals surface area contributed by atoms with Crippen LogP contribution in [0.3, 0.4) is 0 Å². The van der Waals surface area contributed by atoms with E-state index in [-0.39, 0.29) is 17.1 Å². The molecule has 0 atom stereocenters. The zero-order valence-corrected chi connectivity index (χ0v) is 17.3. The van der Waals surface area contributed by atoms with Crippen LogP contribution >= 0.6 is 11.3 Å². The van der Waals surface area contributed by atoms with Crippen LogP contribution in [0, 0.1) is 0 Å². The van der Waals surface area contributed by atoms with Crippen LogP contribution in [0.5, 0.6) is 0 Å². The van der Waals surface area contributed by atoms with E-state index >= 15 is 0 Å². The molecule has 0 radical (unpaired) electrons. The molecular weight excluding hydrogens is 406 g/mol. The van der Waals surface area contributed by atoms with Crippen LogP contribution in [-0.2, 0) is 7.05 Å². The first kappa shape index (κ1) is 17.9. The van der Waals surface area contributed by atoms with Gasteiger partial charge in [0.1, 0.15) is 10.7 Å². The van der Waals surface area contributed by atoms with E-state index in [0.717, 1.165) is 37.4 Å². The Morgan fingerprint density at radius 2 is 1.65 bits per heavy atom. The van der Waals surface area contributed by atoms with Gasteiger partial charge in [0.25, 0.3) is 0 Å². The summed E-state index contributed by atoms with van der Waals surface area (Å²) in [6.07, 6.45) is 5.22. The Hall–Kier alpha value is -3.90. The minimum Gasteiger partial charge on any atom is -0.326 e. The number of hydrogen-bond acceptors (Lipinski definition) is 5. The average Bonchev–Trinajstić information content (AvgIpc) is 3.41. The molecule has 0 saturated heterocycles.